The SMILES string of the molecule is Cc1cc(Nc2cccc(Cl)c2Cl)nc(N(C)CCc2ccncc2)n1. The molecule has 3 rings (SSSR count). The molecule has 1 N–H and O–H groups in total. The average Bonchev–Trinajstić information content (AvgIpc) is 2.64. The van der Waals surface area contributed by atoms with E-state index >= 15 is 0 Å². The first-order valence-electron chi connectivity index (χ1n) is 8.19. The van der Waals surface area contributed by atoms with E-state index in [4.69, 9.17) is 23.2 Å². The number of benzene rings is 1. The van der Waals surface area contributed by atoms with Crippen LogP contribution in [0.3, 0.4) is 0 Å². The van der Waals surface area contributed by atoms with Crippen LogP contribution in [0.15, 0.2) is 48.8 Å². The highest BCUT2D eigenvalue weighted by molar-refractivity contribution is 6.43. The molecule has 0 saturated carbocycles. The molecule has 0 amide bonds. The Morgan fingerprint density at radius 3 is 2.62 bits per heavy atom. The molecule has 26 heavy (non-hydrogen) atoms. The molecule has 0 aliphatic heterocycles. The second kappa shape index (κ2) is 8.34. The molecule has 0 saturated heterocycles. The summed E-state index contributed by atoms with van der Waals surface area (Å²) in [6.45, 7) is 2.73. The lowest BCUT2D eigenvalue weighted by molar-refractivity contribution is 0.833. The van der Waals surface area contributed by atoms with Crippen LogP contribution in [0, 0.1) is 6.92 Å². The van der Waals surface area contributed by atoms with Crippen molar-refractivity contribution in [1.82, 2.24) is 15.0 Å². The minimum atomic E-state index is 0.470. The highest BCUT2D eigenvalue weighted by Gasteiger charge is 2.10. The van der Waals surface area contributed by atoms with E-state index in [0.717, 1.165) is 18.7 Å². The molecule has 0 unspecified atom stereocenters. The Kier molecular flexibility index (Phi) is 5.91. The van der Waals surface area contributed by atoms with E-state index < -0.39 is 0 Å². The quantitative estimate of drug-likeness (QED) is 0.650. The summed E-state index contributed by atoms with van der Waals surface area (Å²) in [5.74, 6) is 1.33. The van der Waals surface area contributed by atoms with Crippen LogP contribution in [0.4, 0.5) is 17.5 Å². The first kappa shape index (κ1) is 18.4. The highest BCUT2D eigenvalue weighted by Crippen LogP contribution is 2.31. The molecule has 5 nitrogen and oxygen atoms in total. The fraction of sp³-hybridized carbons (Fsp3) is 0.211. The Morgan fingerprint density at radius 1 is 1.08 bits per heavy atom. The Hall–Kier alpha value is -2.37. The number of aryl methyl sites for hydroxylation is 1. The Bertz CT molecular complexity index is 886. The van der Waals surface area contributed by atoms with Gasteiger partial charge in [-0.3, -0.25) is 4.98 Å². The van der Waals surface area contributed by atoms with Crippen LogP contribution in [-0.4, -0.2) is 28.5 Å². The Balaban J connectivity index is 1.75. The van der Waals surface area contributed by atoms with Gasteiger partial charge in [0, 0.05) is 37.7 Å². The van der Waals surface area contributed by atoms with Gasteiger partial charge in [-0.15, -0.1) is 0 Å². The molecule has 0 aliphatic carbocycles. The Labute approximate surface area is 163 Å². The van der Waals surface area contributed by atoms with Gasteiger partial charge in [0.05, 0.1) is 15.7 Å². The summed E-state index contributed by atoms with van der Waals surface area (Å²) in [5, 5.41) is 4.19. The zero-order valence-corrected chi connectivity index (χ0v) is 16.1. The number of pyridine rings is 1. The predicted molar refractivity (Wildman–Crippen MR) is 108 cm³/mol. The Morgan fingerprint density at radius 2 is 1.85 bits per heavy atom. The fourth-order valence-corrected chi connectivity index (χ4v) is 2.82. The lowest BCUT2D eigenvalue weighted by atomic mass is 10.2. The molecule has 0 spiro atoms. The van der Waals surface area contributed by atoms with E-state index in [1.807, 2.05) is 49.2 Å². The molecule has 7 heteroatoms. The molecule has 0 bridgehead atoms. The summed E-state index contributed by atoms with van der Waals surface area (Å²) in [6, 6.07) is 11.3. The predicted octanol–water partition coefficient (Wildman–Crippen LogP) is 4.91. The summed E-state index contributed by atoms with van der Waals surface area (Å²) in [6.07, 6.45) is 4.49. The number of nitrogens with zero attached hydrogens (tertiary/aromatic N) is 4. The van der Waals surface area contributed by atoms with Gasteiger partial charge in [-0.2, -0.15) is 4.98 Å². The maximum Gasteiger partial charge on any atom is 0.227 e. The second-order valence-corrected chi connectivity index (χ2v) is 6.73. The molecule has 134 valence electrons. The molecular formula is C19H19Cl2N5. The van der Waals surface area contributed by atoms with Crippen molar-refractivity contribution < 1.29 is 0 Å². The first-order chi connectivity index (χ1) is 12.5. The van der Waals surface area contributed by atoms with Crippen LogP contribution < -0.4 is 10.2 Å². The van der Waals surface area contributed by atoms with Gasteiger partial charge in [0.2, 0.25) is 5.95 Å². The van der Waals surface area contributed by atoms with Crippen molar-refractivity contribution in [2.45, 2.75) is 13.3 Å². The lowest BCUT2D eigenvalue weighted by Crippen LogP contribution is -2.23. The zero-order chi connectivity index (χ0) is 18.5. The third-order valence-corrected chi connectivity index (χ3v) is 4.70. The number of aromatic nitrogens is 3. The first-order valence-corrected chi connectivity index (χ1v) is 8.95. The molecular weight excluding hydrogens is 369 g/mol. The van der Waals surface area contributed by atoms with Gasteiger partial charge in [0.15, 0.2) is 0 Å². The molecule has 0 fully saturated rings. The highest BCUT2D eigenvalue weighted by atomic mass is 35.5. The number of hydrogen-bond acceptors (Lipinski definition) is 5. The second-order valence-electron chi connectivity index (χ2n) is 5.95. The molecule has 3 aromatic rings. The van der Waals surface area contributed by atoms with Crippen LogP contribution in [0.5, 0.6) is 0 Å². The third-order valence-electron chi connectivity index (χ3n) is 3.88. The molecule has 2 aromatic heterocycles. The number of likely N-dealkylation sites (N-methyl/N-ethyl adjacent to an activating group) is 1. The van der Waals surface area contributed by atoms with E-state index in [0.29, 0.717) is 27.5 Å². The van der Waals surface area contributed by atoms with Gasteiger partial charge >= 0.3 is 0 Å². The van der Waals surface area contributed by atoms with E-state index in [1.165, 1.54) is 5.56 Å². The van der Waals surface area contributed by atoms with Crippen LogP contribution in [0.25, 0.3) is 0 Å². The topological polar surface area (TPSA) is 53.9 Å². The van der Waals surface area contributed by atoms with Crippen LogP contribution >= 0.6 is 23.2 Å². The van der Waals surface area contributed by atoms with E-state index in [1.54, 1.807) is 18.5 Å². The number of halogens is 2. The zero-order valence-electron chi connectivity index (χ0n) is 14.6. The maximum absolute atomic E-state index is 6.25. The summed E-state index contributed by atoms with van der Waals surface area (Å²) < 4.78 is 0. The number of hydrogen-bond donors (Lipinski definition) is 1. The van der Waals surface area contributed by atoms with Crippen molar-refractivity contribution in [1.29, 1.82) is 0 Å². The van der Waals surface area contributed by atoms with Gasteiger partial charge < -0.3 is 10.2 Å². The largest absolute Gasteiger partial charge is 0.343 e. The van der Waals surface area contributed by atoms with Crippen molar-refractivity contribution in [3.05, 3.63) is 70.1 Å². The lowest BCUT2D eigenvalue weighted by Gasteiger charge is -2.19. The smallest absolute Gasteiger partial charge is 0.227 e. The monoisotopic (exact) mass is 387 g/mol. The van der Waals surface area contributed by atoms with Gasteiger partial charge in [0.25, 0.3) is 0 Å². The van der Waals surface area contributed by atoms with Crippen molar-refractivity contribution in [3.63, 3.8) is 0 Å². The minimum Gasteiger partial charge on any atom is -0.343 e. The van der Waals surface area contributed by atoms with Crippen LogP contribution in [-0.2, 0) is 6.42 Å². The van der Waals surface area contributed by atoms with Crippen molar-refractivity contribution in [2.75, 3.05) is 23.8 Å². The van der Waals surface area contributed by atoms with Gasteiger partial charge in [0.1, 0.15) is 5.82 Å². The van der Waals surface area contributed by atoms with E-state index in [9.17, 15) is 0 Å². The van der Waals surface area contributed by atoms with E-state index in [2.05, 4.69) is 20.3 Å². The summed E-state index contributed by atoms with van der Waals surface area (Å²) in [5.41, 5.74) is 2.80. The van der Waals surface area contributed by atoms with Crippen molar-refractivity contribution >= 4 is 40.7 Å². The standard InChI is InChI=1S/C19H19Cl2N5/c1-13-12-17(24-16-5-3-4-15(20)18(16)21)25-19(23-13)26(2)11-8-14-6-9-22-10-7-14/h3-7,9-10,12H,8,11H2,1-2H3,(H,23,24,25). The number of nitrogens with one attached hydrogen (secondary N) is 1. The fourth-order valence-electron chi connectivity index (χ4n) is 2.47. The minimum absolute atomic E-state index is 0.470. The summed E-state index contributed by atoms with van der Waals surface area (Å²) in [7, 11) is 1.98. The normalized spacial score (nSPS) is 10.6. The number of anilines is 3. The van der Waals surface area contributed by atoms with Crippen molar-refractivity contribution in [2.24, 2.45) is 0 Å². The maximum atomic E-state index is 6.25. The molecule has 1 aromatic carbocycles. The van der Waals surface area contributed by atoms with E-state index in [-0.39, 0.29) is 0 Å². The van der Waals surface area contributed by atoms with Gasteiger partial charge in [-0.1, -0.05) is 29.3 Å². The molecule has 0 aliphatic rings. The van der Waals surface area contributed by atoms with Gasteiger partial charge in [-0.05, 0) is 43.2 Å². The molecule has 0 radical (unpaired) electrons. The van der Waals surface area contributed by atoms with Gasteiger partial charge in [-0.25, -0.2) is 4.98 Å². The van der Waals surface area contributed by atoms with Crippen molar-refractivity contribution in [3.8, 4) is 0 Å². The average molecular weight is 388 g/mol. The number of rotatable bonds is 6. The third kappa shape index (κ3) is 4.62. The van der Waals surface area contributed by atoms with Crippen LogP contribution in [0.2, 0.25) is 10.0 Å². The molecule has 0 atom stereocenters. The summed E-state index contributed by atoms with van der Waals surface area (Å²) >= 11 is 12.3. The molecule has 2 heterocycles. The summed E-state index contributed by atoms with van der Waals surface area (Å²) in [4.78, 5) is 15.2. The van der Waals surface area contributed by atoms with Crippen LogP contribution in [0.1, 0.15) is 11.3 Å².